The van der Waals surface area contributed by atoms with E-state index in [2.05, 4.69) is 9.97 Å². The molecule has 4 nitrogen and oxygen atoms in total. The lowest BCUT2D eigenvalue weighted by molar-refractivity contribution is 0.0692. The van der Waals surface area contributed by atoms with Gasteiger partial charge in [-0.3, -0.25) is 0 Å². The lowest BCUT2D eigenvalue weighted by Crippen LogP contribution is -1.99. The highest BCUT2D eigenvalue weighted by Crippen LogP contribution is 2.33. The average molecular weight is 248 g/mol. The Hall–Kier alpha value is -1.91. The number of nitrogens with one attached hydrogen (secondary N) is 1. The number of aromatic carboxylic acids is 1. The molecule has 2 aromatic rings. The van der Waals surface area contributed by atoms with Crippen LogP contribution >= 0.6 is 0 Å². The summed E-state index contributed by atoms with van der Waals surface area (Å²) in [6.45, 7) is 0. The summed E-state index contributed by atoms with van der Waals surface area (Å²) in [6, 6.07) is 2.51. The van der Waals surface area contributed by atoms with Crippen LogP contribution in [0.3, 0.4) is 0 Å². The molecule has 1 aromatic heterocycles. The summed E-state index contributed by atoms with van der Waals surface area (Å²) in [5, 5.41) is 8.87. The number of aromatic amines is 1. The normalized spacial score (nSPS) is 16.5. The molecule has 0 unspecified atom stereocenters. The SMILES string of the molecule is O=C(O)c1cc2nc(C3CCCC3)[nH]c2cc1F. The van der Waals surface area contributed by atoms with Crippen LogP contribution in [0.4, 0.5) is 4.39 Å². The van der Waals surface area contributed by atoms with Gasteiger partial charge in [0.05, 0.1) is 16.6 Å². The molecule has 5 heteroatoms. The van der Waals surface area contributed by atoms with E-state index in [1.165, 1.54) is 25.0 Å². The molecule has 1 aliphatic rings. The van der Waals surface area contributed by atoms with Crippen LogP contribution in [-0.2, 0) is 0 Å². The number of halogens is 1. The van der Waals surface area contributed by atoms with Crippen molar-refractivity contribution in [3.63, 3.8) is 0 Å². The molecule has 0 radical (unpaired) electrons. The monoisotopic (exact) mass is 248 g/mol. The first kappa shape index (κ1) is 11.2. The maximum Gasteiger partial charge on any atom is 0.338 e. The Kier molecular flexibility index (Phi) is 2.54. The third-order valence-corrected chi connectivity index (χ3v) is 3.56. The van der Waals surface area contributed by atoms with Gasteiger partial charge in [0.15, 0.2) is 0 Å². The second-order valence-corrected chi connectivity index (χ2v) is 4.76. The molecule has 0 saturated heterocycles. The van der Waals surface area contributed by atoms with Crippen LogP contribution < -0.4 is 0 Å². The van der Waals surface area contributed by atoms with E-state index < -0.39 is 11.8 Å². The van der Waals surface area contributed by atoms with E-state index in [0.717, 1.165) is 18.7 Å². The summed E-state index contributed by atoms with van der Waals surface area (Å²) in [7, 11) is 0. The number of fused-ring (bicyclic) bond motifs is 1. The van der Waals surface area contributed by atoms with Gasteiger partial charge in [0, 0.05) is 12.0 Å². The molecule has 0 bridgehead atoms. The van der Waals surface area contributed by atoms with Crippen molar-refractivity contribution in [2.45, 2.75) is 31.6 Å². The fourth-order valence-electron chi connectivity index (χ4n) is 2.61. The van der Waals surface area contributed by atoms with Crippen molar-refractivity contribution in [2.24, 2.45) is 0 Å². The van der Waals surface area contributed by atoms with Gasteiger partial charge in [-0.2, -0.15) is 0 Å². The van der Waals surface area contributed by atoms with Gasteiger partial charge in [-0.15, -0.1) is 0 Å². The van der Waals surface area contributed by atoms with E-state index in [4.69, 9.17) is 5.11 Å². The highest BCUT2D eigenvalue weighted by Gasteiger charge is 2.21. The van der Waals surface area contributed by atoms with E-state index in [0.29, 0.717) is 17.0 Å². The molecule has 1 aliphatic carbocycles. The van der Waals surface area contributed by atoms with Crippen molar-refractivity contribution >= 4 is 17.0 Å². The Labute approximate surface area is 103 Å². The number of carboxylic acids is 1. The number of carboxylic acid groups (broad SMARTS) is 1. The zero-order chi connectivity index (χ0) is 12.7. The molecule has 0 amide bonds. The first-order valence-corrected chi connectivity index (χ1v) is 6.07. The van der Waals surface area contributed by atoms with Gasteiger partial charge in [0.2, 0.25) is 0 Å². The van der Waals surface area contributed by atoms with E-state index in [9.17, 15) is 9.18 Å². The highest BCUT2D eigenvalue weighted by molar-refractivity contribution is 5.92. The summed E-state index contributed by atoms with van der Waals surface area (Å²) < 4.78 is 13.5. The molecule has 94 valence electrons. The summed E-state index contributed by atoms with van der Waals surface area (Å²) in [6.07, 6.45) is 4.56. The standard InChI is InChI=1S/C13H13FN2O2/c14-9-6-11-10(5-8(9)13(17)18)15-12(16-11)7-3-1-2-4-7/h5-7H,1-4H2,(H,15,16)(H,17,18). The number of hydrogen-bond donors (Lipinski definition) is 2. The Morgan fingerprint density at radius 1 is 1.39 bits per heavy atom. The number of rotatable bonds is 2. The molecule has 0 spiro atoms. The minimum atomic E-state index is -1.26. The number of hydrogen-bond acceptors (Lipinski definition) is 2. The quantitative estimate of drug-likeness (QED) is 0.858. The smallest absolute Gasteiger partial charge is 0.338 e. The van der Waals surface area contributed by atoms with Crippen molar-refractivity contribution in [1.82, 2.24) is 9.97 Å². The summed E-state index contributed by atoms with van der Waals surface area (Å²) in [4.78, 5) is 18.3. The van der Waals surface area contributed by atoms with Crippen LogP contribution in [0.1, 0.15) is 47.8 Å². The minimum Gasteiger partial charge on any atom is -0.478 e. The third-order valence-electron chi connectivity index (χ3n) is 3.56. The molecule has 0 atom stereocenters. The van der Waals surface area contributed by atoms with Crippen molar-refractivity contribution < 1.29 is 14.3 Å². The van der Waals surface area contributed by atoms with Crippen LogP contribution in [0.5, 0.6) is 0 Å². The van der Waals surface area contributed by atoms with E-state index in [-0.39, 0.29) is 5.56 Å². The summed E-state index contributed by atoms with van der Waals surface area (Å²) >= 11 is 0. The van der Waals surface area contributed by atoms with Crippen LogP contribution in [0.25, 0.3) is 11.0 Å². The first-order valence-electron chi connectivity index (χ1n) is 6.07. The van der Waals surface area contributed by atoms with Crippen LogP contribution in [0.2, 0.25) is 0 Å². The molecule has 3 rings (SSSR count). The van der Waals surface area contributed by atoms with Crippen molar-refractivity contribution in [3.8, 4) is 0 Å². The zero-order valence-corrected chi connectivity index (χ0v) is 9.74. The number of imidazole rings is 1. The van der Waals surface area contributed by atoms with Crippen molar-refractivity contribution in [1.29, 1.82) is 0 Å². The third kappa shape index (κ3) is 1.75. The molecule has 0 aliphatic heterocycles. The number of aromatic nitrogens is 2. The Balaban J connectivity index is 2.08. The van der Waals surface area contributed by atoms with Gasteiger partial charge in [0.1, 0.15) is 11.6 Å². The van der Waals surface area contributed by atoms with Gasteiger partial charge in [-0.25, -0.2) is 14.2 Å². The highest BCUT2D eigenvalue weighted by atomic mass is 19.1. The van der Waals surface area contributed by atoms with Gasteiger partial charge in [0.25, 0.3) is 0 Å². The number of H-pyrrole nitrogens is 1. The molecule has 18 heavy (non-hydrogen) atoms. The van der Waals surface area contributed by atoms with Crippen LogP contribution in [0, 0.1) is 5.82 Å². The Morgan fingerprint density at radius 3 is 2.78 bits per heavy atom. The predicted octanol–water partition coefficient (Wildman–Crippen LogP) is 3.06. The Morgan fingerprint density at radius 2 is 2.11 bits per heavy atom. The van der Waals surface area contributed by atoms with E-state index >= 15 is 0 Å². The fraction of sp³-hybridized carbons (Fsp3) is 0.385. The largest absolute Gasteiger partial charge is 0.478 e. The van der Waals surface area contributed by atoms with Gasteiger partial charge in [-0.1, -0.05) is 12.8 Å². The maximum atomic E-state index is 13.5. The first-order chi connectivity index (χ1) is 8.65. The molecular weight excluding hydrogens is 235 g/mol. The zero-order valence-electron chi connectivity index (χ0n) is 9.74. The molecule has 1 heterocycles. The van der Waals surface area contributed by atoms with Crippen molar-refractivity contribution in [2.75, 3.05) is 0 Å². The van der Waals surface area contributed by atoms with Crippen LogP contribution in [0.15, 0.2) is 12.1 Å². The van der Waals surface area contributed by atoms with E-state index in [1.54, 1.807) is 0 Å². The fourth-order valence-corrected chi connectivity index (χ4v) is 2.61. The molecule has 1 aromatic carbocycles. The predicted molar refractivity (Wildman–Crippen MR) is 64.2 cm³/mol. The average Bonchev–Trinajstić information content (AvgIpc) is 2.95. The second kappa shape index (κ2) is 4.08. The minimum absolute atomic E-state index is 0.327. The number of nitrogens with zero attached hydrogens (tertiary/aromatic N) is 1. The van der Waals surface area contributed by atoms with Gasteiger partial charge in [-0.05, 0) is 18.9 Å². The lowest BCUT2D eigenvalue weighted by Gasteiger charge is -2.02. The maximum absolute atomic E-state index is 13.5. The van der Waals surface area contributed by atoms with Gasteiger partial charge < -0.3 is 10.1 Å². The van der Waals surface area contributed by atoms with Crippen molar-refractivity contribution in [3.05, 3.63) is 29.3 Å². The number of benzene rings is 1. The second-order valence-electron chi connectivity index (χ2n) is 4.76. The topological polar surface area (TPSA) is 66.0 Å². The summed E-state index contributed by atoms with van der Waals surface area (Å²) in [5.41, 5.74) is 0.766. The molecular formula is C13H13FN2O2. The Bertz CT molecular complexity index is 615. The number of carbonyl (C=O) groups is 1. The lowest BCUT2D eigenvalue weighted by atomic mass is 10.1. The molecule has 1 saturated carbocycles. The van der Waals surface area contributed by atoms with Crippen LogP contribution in [-0.4, -0.2) is 21.0 Å². The van der Waals surface area contributed by atoms with Gasteiger partial charge >= 0.3 is 5.97 Å². The molecule has 1 fully saturated rings. The molecule has 2 N–H and O–H groups in total. The summed E-state index contributed by atoms with van der Waals surface area (Å²) in [5.74, 6) is -0.741. The van der Waals surface area contributed by atoms with E-state index in [1.807, 2.05) is 0 Å².